The number of carbonyl (C=O) groups is 2. The summed E-state index contributed by atoms with van der Waals surface area (Å²) in [6.07, 6.45) is 0. The van der Waals surface area contributed by atoms with Crippen molar-refractivity contribution in [2.45, 2.75) is 25.0 Å². The number of carbonyl (C=O) groups excluding carboxylic acids is 2. The number of halogens is 2. The molecule has 0 fully saturated rings. The molecule has 0 bridgehead atoms. The molecule has 2 aromatic carbocycles. The van der Waals surface area contributed by atoms with E-state index in [2.05, 4.69) is 36.8 Å². The second kappa shape index (κ2) is 10.3. The molecular weight excluding hydrogens is 502 g/mol. The van der Waals surface area contributed by atoms with E-state index < -0.39 is 0 Å². The first-order valence-electron chi connectivity index (χ1n) is 9.39. The second-order valence-corrected chi connectivity index (χ2v) is 9.13. The molecule has 3 aromatic rings. The third-order valence-electron chi connectivity index (χ3n) is 4.45. The summed E-state index contributed by atoms with van der Waals surface area (Å²) >= 11 is 10.6. The van der Waals surface area contributed by atoms with Crippen molar-refractivity contribution in [3.8, 4) is 0 Å². The van der Waals surface area contributed by atoms with Gasteiger partial charge in [0.15, 0.2) is 11.0 Å². The van der Waals surface area contributed by atoms with Gasteiger partial charge in [-0.2, -0.15) is 0 Å². The monoisotopic (exact) mass is 521 g/mol. The average molecular weight is 523 g/mol. The highest BCUT2D eigenvalue weighted by Crippen LogP contribution is 2.26. The van der Waals surface area contributed by atoms with Crippen LogP contribution < -0.4 is 10.6 Å². The van der Waals surface area contributed by atoms with Crippen LogP contribution in [0, 0.1) is 6.92 Å². The minimum atomic E-state index is -0.348. The number of rotatable bonds is 7. The topological polar surface area (TPSA) is 88.9 Å². The minimum Gasteiger partial charge on any atom is -0.342 e. The number of aryl methyl sites for hydroxylation is 1. The van der Waals surface area contributed by atoms with Crippen molar-refractivity contribution in [2.75, 3.05) is 11.1 Å². The van der Waals surface area contributed by atoms with Crippen LogP contribution in [0.15, 0.2) is 52.1 Å². The highest BCUT2D eigenvalue weighted by atomic mass is 79.9. The van der Waals surface area contributed by atoms with Gasteiger partial charge in [-0.1, -0.05) is 41.1 Å². The number of anilines is 1. The summed E-state index contributed by atoms with van der Waals surface area (Å²) < 4.78 is 2.53. The van der Waals surface area contributed by atoms with Gasteiger partial charge < -0.3 is 15.2 Å². The molecule has 7 nitrogen and oxygen atoms in total. The van der Waals surface area contributed by atoms with Gasteiger partial charge in [0.2, 0.25) is 5.91 Å². The molecule has 0 spiro atoms. The molecule has 0 aliphatic rings. The largest absolute Gasteiger partial charge is 0.342 e. The van der Waals surface area contributed by atoms with Gasteiger partial charge in [0.1, 0.15) is 0 Å². The van der Waals surface area contributed by atoms with Gasteiger partial charge in [-0.25, -0.2) is 0 Å². The molecule has 0 aliphatic carbocycles. The van der Waals surface area contributed by atoms with E-state index in [0.717, 1.165) is 10.0 Å². The van der Waals surface area contributed by atoms with E-state index >= 15 is 0 Å². The van der Waals surface area contributed by atoms with Crippen molar-refractivity contribution in [3.05, 3.63) is 68.9 Å². The molecule has 1 atom stereocenters. The molecule has 3 rings (SSSR count). The van der Waals surface area contributed by atoms with Crippen LogP contribution in [0.4, 0.5) is 5.69 Å². The molecule has 0 radical (unpaired) electrons. The summed E-state index contributed by atoms with van der Waals surface area (Å²) in [7, 11) is 1.80. The summed E-state index contributed by atoms with van der Waals surface area (Å²) in [4.78, 5) is 24.7. The smallest absolute Gasteiger partial charge is 0.251 e. The van der Waals surface area contributed by atoms with Crippen LogP contribution in [0.1, 0.15) is 34.7 Å². The van der Waals surface area contributed by atoms with Crippen molar-refractivity contribution in [1.82, 2.24) is 20.1 Å². The Balaban J connectivity index is 1.57. The van der Waals surface area contributed by atoms with E-state index in [1.165, 1.54) is 11.8 Å². The normalized spacial score (nSPS) is 11.8. The Morgan fingerprint density at radius 3 is 2.58 bits per heavy atom. The number of aromatic nitrogens is 3. The fourth-order valence-corrected chi connectivity index (χ4v) is 3.92. The number of amides is 2. The maximum Gasteiger partial charge on any atom is 0.251 e. The maximum absolute atomic E-state index is 12.5. The first kappa shape index (κ1) is 23.3. The Bertz CT molecular complexity index is 1100. The van der Waals surface area contributed by atoms with Crippen molar-refractivity contribution in [3.63, 3.8) is 0 Å². The first-order valence-corrected chi connectivity index (χ1v) is 11.5. The van der Waals surface area contributed by atoms with Crippen molar-refractivity contribution < 1.29 is 9.59 Å². The van der Waals surface area contributed by atoms with Crippen molar-refractivity contribution >= 4 is 56.8 Å². The second-order valence-electron chi connectivity index (χ2n) is 6.93. The van der Waals surface area contributed by atoms with E-state index in [-0.39, 0.29) is 23.6 Å². The van der Waals surface area contributed by atoms with Crippen LogP contribution >= 0.6 is 39.3 Å². The lowest BCUT2D eigenvalue weighted by Crippen LogP contribution is -2.28. The Labute approximate surface area is 198 Å². The van der Waals surface area contributed by atoms with E-state index in [1.807, 2.05) is 26.0 Å². The van der Waals surface area contributed by atoms with E-state index in [0.29, 0.717) is 27.3 Å². The van der Waals surface area contributed by atoms with Crippen LogP contribution in [-0.2, 0) is 11.8 Å². The van der Waals surface area contributed by atoms with E-state index in [4.69, 9.17) is 11.6 Å². The van der Waals surface area contributed by atoms with Gasteiger partial charge in [-0.15, -0.1) is 10.2 Å². The SMILES string of the molecule is Cc1ccc(C(=O)N[C@@H](C)c2nnc(SCC(=O)Nc3ccc(Br)c(Cl)c3)n2C)cc1. The number of hydrogen-bond acceptors (Lipinski definition) is 5. The molecule has 0 unspecified atom stereocenters. The molecule has 0 saturated heterocycles. The van der Waals surface area contributed by atoms with Gasteiger partial charge in [0.05, 0.1) is 16.8 Å². The highest BCUT2D eigenvalue weighted by Gasteiger charge is 2.19. The van der Waals surface area contributed by atoms with E-state index in [9.17, 15) is 9.59 Å². The summed E-state index contributed by atoms with van der Waals surface area (Å²) in [6, 6.07) is 12.2. The molecule has 162 valence electrons. The zero-order valence-electron chi connectivity index (χ0n) is 17.1. The number of hydrogen-bond donors (Lipinski definition) is 2. The van der Waals surface area contributed by atoms with Gasteiger partial charge in [-0.3, -0.25) is 9.59 Å². The zero-order valence-corrected chi connectivity index (χ0v) is 20.3. The average Bonchev–Trinajstić information content (AvgIpc) is 3.10. The fourth-order valence-electron chi connectivity index (χ4n) is 2.78. The van der Waals surface area contributed by atoms with Crippen molar-refractivity contribution in [1.29, 1.82) is 0 Å². The third kappa shape index (κ3) is 6.09. The lowest BCUT2D eigenvalue weighted by molar-refractivity contribution is -0.113. The molecule has 0 aliphatic heterocycles. The molecule has 1 heterocycles. The predicted molar refractivity (Wildman–Crippen MR) is 127 cm³/mol. The molecule has 2 N–H and O–H groups in total. The maximum atomic E-state index is 12.5. The number of thioether (sulfide) groups is 1. The van der Waals surface area contributed by atoms with Crippen LogP contribution in [0.5, 0.6) is 0 Å². The quantitative estimate of drug-likeness (QED) is 0.437. The minimum absolute atomic E-state index is 0.157. The zero-order chi connectivity index (χ0) is 22.5. The van der Waals surface area contributed by atoms with Gasteiger partial charge >= 0.3 is 0 Å². The van der Waals surface area contributed by atoms with Gasteiger partial charge in [0.25, 0.3) is 5.91 Å². The summed E-state index contributed by atoms with van der Waals surface area (Å²) in [6.45, 7) is 3.81. The van der Waals surface area contributed by atoms with Gasteiger partial charge in [-0.05, 0) is 60.1 Å². The lowest BCUT2D eigenvalue weighted by atomic mass is 10.1. The third-order valence-corrected chi connectivity index (χ3v) is 6.71. The Kier molecular flexibility index (Phi) is 7.74. The van der Waals surface area contributed by atoms with Crippen LogP contribution in [0.3, 0.4) is 0 Å². The molecular formula is C21H21BrClN5O2S. The Morgan fingerprint density at radius 1 is 1.19 bits per heavy atom. The predicted octanol–water partition coefficient (Wildman–Crippen LogP) is 4.76. The molecule has 0 saturated carbocycles. The molecule has 1 aromatic heterocycles. The molecule has 10 heteroatoms. The van der Waals surface area contributed by atoms with Crippen LogP contribution in [0.2, 0.25) is 5.02 Å². The number of nitrogens with one attached hydrogen (secondary N) is 2. The Morgan fingerprint density at radius 2 is 1.90 bits per heavy atom. The van der Waals surface area contributed by atoms with Crippen molar-refractivity contribution in [2.24, 2.45) is 7.05 Å². The number of nitrogens with zero attached hydrogens (tertiary/aromatic N) is 3. The standard InChI is InChI=1S/C21H21BrClN5O2S/c1-12-4-6-14(7-5-12)20(30)24-13(2)19-26-27-21(28(19)3)31-11-18(29)25-15-8-9-16(22)17(23)10-15/h4-10,13H,11H2,1-3H3,(H,24,30)(H,25,29)/t13-/m0/s1. The molecule has 2 amide bonds. The van der Waals surface area contributed by atoms with Crippen LogP contribution in [-0.4, -0.2) is 32.3 Å². The summed E-state index contributed by atoms with van der Waals surface area (Å²) in [5, 5.41) is 15.2. The van der Waals surface area contributed by atoms with Gasteiger partial charge in [0, 0.05) is 22.8 Å². The number of benzene rings is 2. The molecule has 31 heavy (non-hydrogen) atoms. The fraction of sp³-hybridized carbons (Fsp3) is 0.238. The summed E-state index contributed by atoms with van der Waals surface area (Å²) in [5.74, 6) is 0.387. The lowest BCUT2D eigenvalue weighted by Gasteiger charge is -2.13. The van der Waals surface area contributed by atoms with E-state index in [1.54, 1.807) is 41.9 Å². The summed E-state index contributed by atoms with van der Waals surface area (Å²) in [5.41, 5.74) is 2.29. The van der Waals surface area contributed by atoms with Crippen LogP contribution in [0.25, 0.3) is 0 Å². The highest BCUT2D eigenvalue weighted by molar-refractivity contribution is 9.10. The Hall–Kier alpha value is -2.36. The first-order chi connectivity index (χ1) is 14.7.